The maximum absolute atomic E-state index is 12.9. The van der Waals surface area contributed by atoms with E-state index in [0.29, 0.717) is 18.3 Å². The van der Waals surface area contributed by atoms with Gasteiger partial charge in [0.15, 0.2) is 5.83 Å². The van der Waals surface area contributed by atoms with E-state index in [1.807, 2.05) is 0 Å². The first-order valence-electron chi connectivity index (χ1n) is 11.6. The summed E-state index contributed by atoms with van der Waals surface area (Å²) in [6, 6.07) is 10.5. The Balaban J connectivity index is 1.36. The Hall–Kier alpha value is -2.15. The van der Waals surface area contributed by atoms with Crippen molar-refractivity contribution in [2.24, 2.45) is 11.8 Å². The van der Waals surface area contributed by atoms with Gasteiger partial charge in [0.25, 0.3) is 0 Å². The number of nitrogens with zero attached hydrogens (tertiary/aromatic N) is 1. The molecule has 0 aromatic heterocycles. The van der Waals surface area contributed by atoms with Crippen molar-refractivity contribution in [2.45, 2.75) is 89.6 Å². The number of carbonyl (C=O) groups is 1. The maximum atomic E-state index is 12.9. The third-order valence-electron chi connectivity index (χ3n) is 7.00. The van der Waals surface area contributed by atoms with Crippen LogP contribution in [0.5, 0.6) is 0 Å². The fraction of sp³-hybridized carbons (Fsp3) is 0.615. The molecule has 2 aliphatic carbocycles. The molecule has 0 amide bonds. The van der Waals surface area contributed by atoms with Gasteiger partial charge in [0.2, 0.25) is 0 Å². The van der Waals surface area contributed by atoms with Crippen LogP contribution in [0.3, 0.4) is 0 Å². The third-order valence-corrected chi connectivity index (χ3v) is 7.00. The van der Waals surface area contributed by atoms with Crippen LogP contribution in [-0.2, 0) is 16.0 Å². The van der Waals surface area contributed by atoms with Crippen molar-refractivity contribution in [2.75, 3.05) is 0 Å². The molecule has 0 unspecified atom stereocenters. The monoisotopic (exact) mass is 411 g/mol. The molecule has 162 valence electrons. The fourth-order valence-electron chi connectivity index (χ4n) is 4.98. The molecule has 0 aliphatic heterocycles. The Bertz CT molecular complexity index is 748. The molecule has 30 heavy (non-hydrogen) atoms. The highest BCUT2D eigenvalue weighted by molar-refractivity contribution is 5.72. The van der Waals surface area contributed by atoms with Crippen LogP contribution in [0.4, 0.5) is 4.39 Å². The summed E-state index contributed by atoms with van der Waals surface area (Å²) in [5, 5.41) is 8.45. The predicted molar refractivity (Wildman–Crippen MR) is 116 cm³/mol. The van der Waals surface area contributed by atoms with Crippen LogP contribution in [0.1, 0.15) is 88.2 Å². The molecule has 2 fully saturated rings. The highest BCUT2D eigenvalue weighted by Gasteiger charge is 2.30. The number of carbonyl (C=O) groups excluding carboxylic acids is 1. The highest BCUT2D eigenvalue weighted by Crippen LogP contribution is 2.36. The molecule has 1 aromatic rings. The number of nitriles is 1. The lowest BCUT2D eigenvalue weighted by molar-refractivity contribution is -0.157. The van der Waals surface area contributed by atoms with Gasteiger partial charge in [-0.1, -0.05) is 31.2 Å². The van der Waals surface area contributed by atoms with Gasteiger partial charge >= 0.3 is 5.97 Å². The van der Waals surface area contributed by atoms with Gasteiger partial charge < -0.3 is 4.74 Å². The van der Waals surface area contributed by atoms with Gasteiger partial charge in [0.1, 0.15) is 12.2 Å². The molecule has 2 saturated carbocycles. The number of ether oxygens (including phenoxy) is 1. The first-order valence-corrected chi connectivity index (χ1v) is 11.6. The molecule has 0 saturated heterocycles. The number of allylic oxidation sites excluding steroid dienone is 2. The smallest absolute Gasteiger partial charge is 0.309 e. The molecule has 3 rings (SSSR count). The van der Waals surface area contributed by atoms with Gasteiger partial charge in [-0.05, 0) is 99.7 Å². The molecule has 0 heterocycles. The fourth-order valence-corrected chi connectivity index (χ4v) is 4.98. The predicted octanol–water partition coefficient (Wildman–Crippen LogP) is 6.78. The van der Waals surface area contributed by atoms with Crippen LogP contribution >= 0.6 is 0 Å². The molecule has 0 atom stereocenters. The second-order valence-corrected chi connectivity index (χ2v) is 8.96. The summed E-state index contributed by atoms with van der Waals surface area (Å²) in [7, 11) is 0. The Morgan fingerprint density at radius 2 is 1.77 bits per heavy atom. The number of benzene rings is 1. The van der Waals surface area contributed by atoms with Crippen molar-refractivity contribution in [1.82, 2.24) is 0 Å². The van der Waals surface area contributed by atoms with Gasteiger partial charge in [0.05, 0.1) is 5.92 Å². The summed E-state index contributed by atoms with van der Waals surface area (Å²) in [5.74, 6) is 0.416. The average Bonchev–Trinajstić information content (AvgIpc) is 2.80. The number of rotatable bonds is 7. The zero-order valence-electron chi connectivity index (χ0n) is 18.1. The number of aryl methyl sites for hydroxylation is 1. The quantitative estimate of drug-likeness (QED) is 0.367. The van der Waals surface area contributed by atoms with E-state index in [2.05, 4.69) is 31.2 Å². The highest BCUT2D eigenvalue weighted by atomic mass is 19.1. The van der Waals surface area contributed by atoms with E-state index >= 15 is 0 Å². The molecule has 3 nitrogen and oxygen atoms in total. The summed E-state index contributed by atoms with van der Waals surface area (Å²) in [4.78, 5) is 12.6. The minimum Gasteiger partial charge on any atom is -0.462 e. The van der Waals surface area contributed by atoms with E-state index in [0.717, 1.165) is 64.2 Å². The van der Waals surface area contributed by atoms with Crippen molar-refractivity contribution in [3.63, 3.8) is 0 Å². The molecular formula is C26H34FNO2. The lowest BCUT2D eigenvalue weighted by Crippen LogP contribution is -2.29. The van der Waals surface area contributed by atoms with Crippen LogP contribution in [0.25, 0.3) is 0 Å². The van der Waals surface area contributed by atoms with Crippen LogP contribution in [0.2, 0.25) is 0 Å². The van der Waals surface area contributed by atoms with E-state index in [1.165, 1.54) is 23.3 Å². The van der Waals surface area contributed by atoms with Crippen molar-refractivity contribution >= 4 is 5.97 Å². The normalized spacial score (nSPS) is 27.3. The van der Waals surface area contributed by atoms with Gasteiger partial charge in [-0.2, -0.15) is 9.65 Å². The van der Waals surface area contributed by atoms with Crippen LogP contribution < -0.4 is 0 Å². The Labute approximate surface area is 180 Å². The van der Waals surface area contributed by atoms with E-state index in [-0.39, 0.29) is 18.0 Å². The summed E-state index contributed by atoms with van der Waals surface area (Å²) < 4.78 is 18.7. The van der Waals surface area contributed by atoms with Gasteiger partial charge in [-0.15, -0.1) is 0 Å². The molecular weight excluding hydrogens is 377 g/mol. The zero-order valence-corrected chi connectivity index (χ0v) is 18.1. The van der Waals surface area contributed by atoms with Crippen LogP contribution in [0, 0.1) is 23.2 Å². The average molecular weight is 412 g/mol. The third kappa shape index (κ3) is 6.42. The van der Waals surface area contributed by atoms with E-state index in [4.69, 9.17) is 10.00 Å². The van der Waals surface area contributed by atoms with E-state index < -0.39 is 5.83 Å². The van der Waals surface area contributed by atoms with Gasteiger partial charge in [0, 0.05) is 0 Å². The molecule has 0 radical (unpaired) electrons. The summed E-state index contributed by atoms with van der Waals surface area (Å²) >= 11 is 0. The van der Waals surface area contributed by atoms with Crippen LogP contribution in [0.15, 0.2) is 36.2 Å². The van der Waals surface area contributed by atoms with Crippen molar-refractivity contribution < 1.29 is 13.9 Å². The van der Waals surface area contributed by atoms with Crippen molar-refractivity contribution in [3.05, 3.63) is 47.3 Å². The first kappa shape index (κ1) is 22.5. The lowest BCUT2D eigenvalue weighted by Gasteiger charge is -2.31. The van der Waals surface area contributed by atoms with Gasteiger partial charge in [-0.25, -0.2) is 0 Å². The largest absolute Gasteiger partial charge is 0.462 e. The minimum absolute atomic E-state index is 0.0142. The molecule has 4 heteroatoms. The molecule has 1 aromatic carbocycles. The minimum atomic E-state index is -0.694. The van der Waals surface area contributed by atoms with Gasteiger partial charge in [-0.3, -0.25) is 4.79 Å². The van der Waals surface area contributed by atoms with Crippen molar-refractivity contribution in [3.8, 4) is 6.07 Å². The summed E-state index contributed by atoms with van der Waals surface area (Å²) in [6.45, 7) is 2.18. The van der Waals surface area contributed by atoms with Crippen molar-refractivity contribution in [1.29, 1.82) is 5.26 Å². The first-order chi connectivity index (χ1) is 14.6. The molecule has 2 aliphatic rings. The van der Waals surface area contributed by atoms with E-state index in [1.54, 1.807) is 0 Å². The summed E-state index contributed by atoms with van der Waals surface area (Å²) in [6.07, 6.45) is 11.8. The second kappa shape index (κ2) is 11.3. The molecule has 0 spiro atoms. The molecule has 0 N–H and O–H groups in total. The molecule has 0 bridgehead atoms. The number of hydrogen-bond acceptors (Lipinski definition) is 3. The lowest BCUT2D eigenvalue weighted by atomic mass is 9.79. The zero-order chi connectivity index (χ0) is 21.3. The van der Waals surface area contributed by atoms with E-state index in [9.17, 15) is 9.18 Å². The maximum Gasteiger partial charge on any atom is 0.309 e. The summed E-state index contributed by atoms with van der Waals surface area (Å²) in [5.41, 5.74) is 2.79. The number of esters is 1. The Kier molecular flexibility index (Phi) is 8.49. The number of halogens is 1. The van der Waals surface area contributed by atoms with Crippen LogP contribution in [-0.4, -0.2) is 12.1 Å². The SMILES string of the molecule is CCc1ccc(C2CCC(OC(=O)C3CCC(CCC=C(F)C#N)CC3)CC2)cc1. The topological polar surface area (TPSA) is 50.1 Å². The Morgan fingerprint density at radius 3 is 2.37 bits per heavy atom. The number of hydrogen-bond donors (Lipinski definition) is 0. The second-order valence-electron chi connectivity index (χ2n) is 8.96. The standard InChI is InChI=1S/C26H34FNO2/c1-2-19-6-10-21(11-7-19)22-14-16-25(17-15-22)30-26(29)23-12-8-20(9-13-23)4-3-5-24(27)18-28/h5-7,10-11,20,22-23,25H,2-4,8-9,12-17H2,1H3. The Morgan fingerprint density at radius 1 is 1.10 bits per heavy atom.